The van der Waals surface area contributed by atoms with Crippen molar-refractivity contribution < 1.29 is 0 Å². The van der Waals surface area contributed by atoms with Crippen LogP contribution in [-0.2, 0) is 0 Å². The van der Waals surface area contributed by atoms with Crippen LogP contribution in [0.1, 0.15) is 38.1 Å². The van der Waals surface area contributed by atoms with Crippen molar-refractivity contribution in [2.45, 2.75) is 38.1 Å². The third-order valence-electron chi connectivity index (χ3n) is 4.73. The van der Waals surface area contributed by atoms with Crippen LogP contribution in [0, 0.1) is 0 Å². The van der Waals surface area contributed by atoms with E-state index in [-0.39, 0.29) is 28.1 Å². The smallest absolute Gasteiger partial charge is 0.293 e. The first-order valence-electron chi connectivity index (χ1n) is 8.41. The van der Waals surface area contributed by atoms with Gasteiger partial charge in [0, 0.05) is 10.6 Å². The second kappa shape index (κ2) is 6.44. The first-order valence-corrected chi connectivity index (χ1v) is 8.79. The maximum atomic E-state index is 12.9. The van der Waals surface area contributed by atoms with Gasteiger partial charge in [-0.3, -0.25) is 9.59 Å². The van der Waals surface area contributed by atoms with Crippen LogP contribution in [0.2, 0.25) is 5.02 Å². The fourth-order valence-corrected chi connectivity index (χ4v) is 3.69. The summed E-state index contributed by atoms with van der Waals surface area (Å²) in [6, 6.07) is 7.17. The average Bonchev–Trinajstić information content (AvgIpc) is 2.63. The van der Waals surface area contributed by atoms with Gasteiger partial charge in [0.2, 0.25) is 0 Å². The standard InChI is InChI=1S/C18H17ClN4O2/c19-12-6-4-5-11(9-12)15-14-16(20-10-21-17(14)24)18(25)23(22-15)13-7-2-1-3-8-13/h4-6,9-10,13H,1-3,7-8H2,(H,20,21,24). The van der Waals surface area contributed by atoms with E-state index in [0.29, 0.717) is 16.3 Å². The van der Waals surface area contributed by atoms with Crippen LogP contribution in [0.5, 0.6) is 0 Å². The summed E-state index contributed by atoms with van der Waals surface area (Å²) in [5, 5.41) is 5.34. The van der Waals surface area contributed by atoms with Gasteiger partial charge in [-0.2, -0.15) is 5.10 Å². The van der Waals surface area contributed by atoms with Gasteiger partial charge in [-0.15, -0.1) is 0 Å². The quantitative estimate of drug-likeness (QED) is 0.763. The molecule has 0 amide bonds. The Morgan fingerprint density at radius 2 is 1.96 bits per heavy atom. The minimum atomic E-state index is -0.375. The highest BCUT2D eigenvalue weighted by atomic mass is 35.5. The molecule has 2 aromatic heterocycles. The van der Waals surface area contributed by atoms with Crippen molar-refractivity contribution in [2.24, 2.45) is 0 Å². The van der Waals surface area contributed by atoms with Gasteiger partial charge >= 0.3 is 0 Å². The number of rotatable bonds is 2. The summed E-state index contributed by atoms with van der Waals surface area (Å²) in [6.45, 7) is 0. The highest BCUT2D eigenvalue weighted by molar-refractivity contribution is 6.30. The first-order chi connectivity index (χ1) is 12.1. The van der Waals surface area contributed by atoms with E-state index >= 15 is 0 Å². The van der Waals surface area contributed by atoms with Gasteiger partial charge in [0.15, 0.2) is 0 Å². The van der Waals surface area contributed by atoms with Crippen LogP contribution in [0.4, 0.5) is 0 Å². The van der Waals surface area contributed by atoms with E-state index in [1.807, 2.05) is 6.07 Å². The molecule has 25 heavy (non-hydrogen) atoms. The zero-order chi connectivity index (χ0) is 17.4. The van der Waals surface area contributed by atoms with Crippen molar-refractivity contribution >= 4 is 22.5 Å². The molecule has 6 nitrogen and oxygen atoms in total. The SMILES string of the molecule is O=c1[nH]cnc2c(=O)n(C3CCCCC3)nc(-c3cccc(Cl)c3)c12. The van der Waals surface area contributed by atoms with Crippen molar-refractivity contribution in [1.29, 1.82) is 0 Å². The lowest BCUT2D eigenvalue weighted by Gasteiger charge is -2.23. The number of benzene rings is 1. The van der Waals surface area contributed by atoms with Crippen LogP contribution >= 0.6 is 11.6 Å². The molecule has 0 atom stereocenters. The normalized spacial score (nSPS) is 15.6. The topological polar surface area (TPSA) is 80.6 Å². The van der Waals surface area contributed by atoms with Crippen LogP contribution in [-0.4, -0.2) is 19.7 Å². The van der Waals surface area contributed by atoms with Crippen molar-refractivity contribution in [3.63, 3.8) is 0 Å². The molecule has 1 fully saturated rings. The number of fused-ring (bicyclic) bond motifs is 1. The zero-order valence-electron chi connectivity index (χ0n) is 13.5. The predicted octanol–water partition coefficient (Wildman–Crippen LogP) is 3.31. The lowest BCUT2D eigenvalue weighted by molar-refractivity contribution is 0.320. The van der Waals surface area contributed by atoms with Gasteiger partial charge in [0.25, 0.3) is 11.1 Å². The van der Waals surface area contributed by atoms with E-state index in [1.165, 1.54) is 17.4 Å². The molecule has 0 unspecified atom stereocenters. The molecule has 2 heterocycles. The minimum absolute atomic E-state index is 0.0460. The third-order valence-corrected chi connectivity index (χ3v) is 4.96. The molecule has 0 spiro atoms. The highest BCUT2D eigenvalue weighted by Gasteiger charge is 2.22. The summed E-state index contributed by atoms with van der Waals surface area (Å²) in [5.74, 6) is 0. The lowest BCUT2D eigenvalue weighted by Crippen LogP contribution is -2.31. The van der Waals surface area contributed by atoms with Crippen LogP contribution in [0.3, 0.4) is 0 Å². The maximum Gasteiger partial charge on any atom is 0.293 e. The Labute approximate surface area is 148 Å². The largest absolute Gasteiger partial charge is 0.313 e. The van der Waals surface area contributed by atoms with Gasteiger partial charge in [-0.1, -0.05) is 43.0 Å². The number of aromatic amines is 1. The van der Waals surface area contributed by atoms with Crippen LogP contribution < -0.4 is 11.1 Å². The second-order valence-corrected chi connectivity index (χ2v) is 6.79. The van der Waals surface area contributed by atoms with Crippen molar-refractivity contribution in [3.05, 3.63) is 56.3 Å². The van der Waals surface area contributed by atoms with Crippen molar-refractivity contribution in [2.75, 3.05) is 0 Å². The van der Waals surface area contributed by atoms with E-state index in [9.17, 15) is 9.59 Å². The molecule has 128 valence electrons. The number of hydrogen-bond acceptors (Lipinski definition) is 4. The molecular weight excluding hydrogens is 340 g/mol. The van der Waals surface area contributed by atoms with Gasteiger partial charge in [-0.05, 0) is 25.0 Å². The molecule has 0 aliphatic heterocycles. The molecule has 1 aliphatic rings. The summed E-state index contributed by atoms with van der Waals surface area (Å²) in [7, 11) is 0. The lowest BCUT2D eigenvalue weighted by atomic mass is 9.95. The number of nitrogens with one attached hydrogen (secondary N) is 1. The monoisotopic (exact) mass is 356 g/mol. The summed E-state index contributed by atoms with van der Waals surface area (Å²) in [4.78, 5) is 32.0. The molecule has 1 N–H and O–H groups in total. The number of halogens is 1. The maximum absolute atomic E-state index is 12.9. The van der Waals surface area contributed by atoms with Gasteiger partial charge in [0.1, 0.15) is 11.2 Å². The van der Waals surface area contributed by atoms with Crippen LogP contribution in [0.25, 0.3) is 22.2 Å². The van der Waals surface area contributed by atoms with Crippen LogP contribution in [0.15, 0.2) is 40.2 Å². The van der Waals surface area contributed by atoms with E-state index in [1.54, 1.807) is 18.2 Å². The van der Waals surface area contributed by atoms with E-state index < -0.39 is 0 Å². The summed E-state index contributed by atoms with van der Waals surface area (Å²) in [5.41, 5.74) is 0.607. The molecule has 1 aliphatic carbocycles. The van der Waals surface area contributed by atoms with Crippen molar-refractivity contribution in [3.8, 4) is 11.3 Å². The average molecular weight is 357 g/mol. The Morgan fingerprint density at radius 3 is 2.72 bits per heavy atom. The molecule has 0 bridgehead atoms. The fourth-order valence-electron chi connectivity index (χ4n) is 3.50. The van der Waals surface area contributed by atoms with Gasteiger partial charge in [-0.25, -0.2) is 9.67 Å². The Hall–Kier alpha value is -2.47. The molecule has 4 rings (SSSR count). The Balaban J connectivity index is 2.04. The summed E-state index contributed by atoms with van der Waals surface area (Å²) >= 11 is 6.11. The van der Waals surface area contributed by atoms with E-state index in [2.05, 4.69) is 15.1 Å². The fraction of sp³-hybridized carbons (Fsp3) is 0.333. The van der Waals surface area contributed by atoms with Crippen molar-refractivity contribution in [1.82, 2.24) is 19.7 Å². The number of nitrogens with zero attached hydrogens (tertiary/aromatic N) is 3. The first kappa shape index (κ1) is 16.0. The molecule has 3 aromatic rings. The number of H-pyrrole nitrogens is 1. The molecule has 0 radical (unpaired) electrons. The number of hydrogen-bond donors (Lipinski definition) is 1. The molecule has 0 saturated heterocycles. The van der Waals surface area contributed by atoms with E-state index in [4.69, 9.17) is 11.6 Å². The zero-order valence-corrected chi connectivity index (χ0v) is 14.3. The highest BCUT2D eigenvalue weighted by Crippen LogP contribution is 2.29. The second-order valence-electron chi connectivity index (χ2n) is 6.36. The molecule has 1 saturated carbocycles. The summed E-state index contributed by atoms with van der Waals surface area (Å²) in [6.07, 6.45) is 6.42. The molecule has 7 heteroatoms. The van der Waals surface area contributed by atoms with E-state index in [0.717, 1.165) is 25.7 Å². The minimum Gasteiger partial charge on any atom is -0.313 e. The summed E-state index contributed by atoms with van der Waals surface area (Å²) < 4.78 is 1.52. The van der Waals surface area contributed by atoms with Gasteiger partial charge in [0.05, 0.1) is 17.8 Å². The molecule has 1 aromatic carbocycles. The van der Waals surface area contributed by atoms with Gasteiger partial charge < -0.3 is 4.98 Å². The Kier molecular flexibility index (Phi) is 4.13. The third kappa shape index (κ3) is 2.87. The molecular formula is C18H17ClN4O2. The Bertz CT molecular complexity index is 1050. The number of aromatic nitrogens is 4. The Morgan fingerprint density at radius 1 is 1.16 bits per heavy atom. The predicted molar refractivity (Wildman–Crippen MR) is 97.0 cm³/mol.